The van der Waals surface area contributed by atoms with Crippen LogP contribution in [-0.4, -0.2) is 43.2 Å². The molecule has 0 saturated heterocycles. The fraction of sp³-hybridized carbons (Fsp3) is 0.750. The Bertz CT molecular complexity index is 240. The van der Waals surface area contributed by atoms with Gasteiger partial charge in [0.05, 0.1) is 0 Å². The predicted octanol–water partition coefficient (Wildman–Crippen LogP) is -0.790. The van der Waals surface area contributed by atoms with Gasteiger partial charge in [0.2, 0.25) is 0 Å². The van der Waals surface area contributed by atoms with Gasteiger partial charge in [0.25, 0.3) is 0 Å². The molecule has 7 heteroatoms. The average molecular weight is 213 g/mol. The van der Waals surface area contributed by atoms with Gasteiger partial charge in [-0.25, -0.2) is 9.59 Å². The highest BCUT2D eigenvalue weighted by Gasteiger charge is 2.21. The Labute approximate surface area is 90.2 Å². The Kier molecular flexibility index (Phi) is 5.14. The number of aliphatic carboxylic acids is 1. The van der Waals surface area contributed by atoms with Crippen LogP contribution in [0.2, 0.25) is 0 Å². The first kappa shape index (κ1) is 13.8. The molecule has 0 rings (SSSR count). The monoisotopic (exact) mass is 213 g/mol. The van der Waals surface area contributed by atoms with Crippen LogP contribution in [0.4, 0.5) is 4.79 Å². The lowest BCUT2D eigenvalue weighted by molar-refractivity contribution is -0.139. The molecule has 0 aromatic carbocycles. The third-order valence-electron chi connectivity index (χ3n) is 1.41. The van der Waals surface area contributed by atoms with E-state index in [1.165, 1.54) is 0 Å². The summed E-state index contributed by atoms with van der Waals surface area (Å²) < 4.78 is 0. The van der Waals surface area contributed by atoms with Crippen molar-refractivity contribution in [1.82, 2.24) is 15.9 Å². The maximum Gasteiger partial charge on any atom is 0.327 e. The molecule has 0 saturated carbocycles. The van der Waals surface area contributed by atoms with Crippen LogP contribution in [0.3, 0.4) is 0 Å². The number of carboxylic acids is 1. The molecule has 2 radical (unpaired) electrons. The zero-order valence-corrected chi connectivity index (χ0v) is 9.13. The van der Waals surface area contributed by atoms with Gasteiger partial charge in [0, 0.05) is 12.1 Å². The van der Waals surface area contributed by atoms with Crippen LogP contribution in [0.1, 0.15) is 20.8 Å². The second-order valence-corrected chi connectivity index (χ2v) is 4.15. The highest BCUT2D eigenvalue weighted by Crippen LogP contribution is 1.97. The molecule has 0 unspecified atom stereocenters. The number of hydrogen-bond acceptors (Lipinski definition) is 3. The number of carbonyl (C=O) groups excluding carboxylic acids is 1. The van der Waals surface area contributed by atoms with E-state index in [4.69, 9.17) is 13.1 Å². The van der Waals surface area contributed by atoms with Crippen molar-refractivity contribution in [2.24, 2.45) is 0 Å². The molecule has 0 aliphatic heterocycles. The first-order chi connectivity index (χ1) is 6.76. The van der Waals surface area contributed by atoms with E-state index in [9.17, 15) is 9.59 Å². The lowest BCUT2D eigenvalue weighted by Gasteiger charge is -2.22. The zero-order valence-electron chi connectivity index (χ0n) is 9.13. The molecule has 0 aromatic heterocycles. The Hall–Kier alpha value is -1.24. The largest absolute Gasteiger partial charge is 0.480 e. The molecule has 1 atom stereocenters. The molecule has 84 valence electrons. The van der Waals surface area contributed by atoms with Crippen molar-refractivity contribution in [3.05, 3.63) is 0 Å². The summed E-state index contributed by atoms with van der Waals surface area (Å²) in [5, 5.41) is 15.8. The SMILES string of the molecule is [B]NC[C@H](NC(=O)NC(C)(C)C)C(=O)O. The number of rotatable bonds is 4. The van der Waals surface area contributed by atoms with Gasteiger partial charge in [-0.3, -0.25) is 0 Å². The molecule has 4 N–H and O–H groups in total. The van der Waals surface area contributed by atoms with Crippen LogP contribution in [0.15, 0.2) is 0 Å². The van der Waals surface area contributed by atoms with Crippen LogP contribution in [-0.2, 0) is 4.79 Å². The third kappa shape index (κ3) is 6.79. The van der Waals surface area contributed by atoms with E-state index in [1.807, 2.05) is 0 Å². The number of amides is 2. The maximum absolute atomic E-state index is 11.3. The molecular formula is C8H16BN3O3. The predicted molar refractivity (Wildman–Crippen MR) is 56.6 cm³/mol. The smallest absolute Gasteiger partial charge is 0.327 e. The van der Waals surface area contributed by atoms with Crippen molar-refractivity contribution in [3.8, 4) is 0 Å². The van der Waals surface area contributed by atoms with E-state index in [-0.39, 0.29) is 6.54 Å². The second kappa shape index (κ2) is 5.60. The van der Waals surface area contributed by atoms with Gasteiger partial charge in [-0.05, 0) is 20.8 Å². The molecule has 0 aromatic rings. The Morgan fingerprint density at radius 3 is 2.27 bits per heavy atom. The summed E-state index contributed by atoms with van der Waals surface area (Å²) in [7, 11) is 4.99. The summed E-state index contributed by atoms with van der Waals surface area (Å²) in [4.78, 5) is 21.9. The molecule has 6 nitrogen and oxygen atoms in total. The van der Waals surface area contributed by atoms with Crippen LogP contribution in [0.5, 0.6) is 0 Å². The normalized spacial score (nSPS) is 13.0. The number of carbonyl (C=O) groups is 2. The van der Waals surface area contributed by atoms with E-state index in [0.29, 0.717) is 0 Å². The number of hydrogen-bond donors (Lipinski definition) is 4. The Balaban J connectivity index is 4.18. The summed E-state index contributed by atoms with van der Waals surface area (Å²) in [6.07, 6.45) is 0. The van der Waals surface area contributed by atoms with Gasteiger partial charge < -0.3 is 21.0 Å². The number of nitrogens with one attached hydrogen (secondary N) is 3. The van der Waals surface area contributed by atoms with Crippen LogP contribution in [0.25, 0.3) is 0 Å². The quantitative estimate of drug-likeness (QED) is 0.460. The van der Waals surface area contributed by atoms with Crippen molar-refractivity contribution in [1.29, 1.82) is 0 Å². The number of urea groups is 1. The molecule has 0 spiro atoms. The van der Waals surface area contributed by atoms with Gasteiger partial charge in [-0.2, -0.15) is 0 Å². The molecule has 0 heterocycles. The summed E-state index contributed by atoms with van der Waals surface area (Å²) >= 11 is 0. The zero-order chi connectivity index (χ0) is 12.1. The standard InChI is InChI=1S/C8H16BN3O3/c1-8(2,3)12-7(15)11-5(4-10-9)6(13)14/h5,10H,4H2,1-3H3,(H,13,14)(H2,11,12,15)/t5-/m0/s1. The molecular weight excluding hydrogens is 197 g/mol. The minimum absolute atomic E-state index is 0.0348. The van der Waals surface area contributed by atoms with Gasteiger partial charge >= 0.3 is 12.0 Å². The maximum atomic E-state index is 11.3. The topological polar surface area (TPSA) is 90.5 Å². The van der Waals surface area contributed by atoms with Crippen molar-refractivity contribution < 1.29 is 14.7 Å². The lowest BCUT2D eigenvalue weighted by atomic mass is 10.1. The summed E-state index contributed by atoms with van der Waals surface area (Å²) in [6.45, 7) is 5.35. The summed E-state index contributed by atoms with van der Waals surface area (Å²) in [6, 6.07) is -1.58. The fourth-order valence-electron chi connectivity index (χ4n) is 0.853. The van der Waals surface area contributed by atoms with Crippen molar-refractivity contribution in [2.75, 3.05) is 6.54 Å². The molecule has 0 bridgehead atoms. The van der Waals surface area contributed by atoms with E-state index in [2.05, 4.69) is 15.9 Å². The van der Waals surface area contributed by atoms with Crippen LogP contribution < -0.4 is 15.9 Å². The lowest BCUT2D eigenvalue weighted by Crippen LogP contribution is -2.54. The fourth-order valence-corrected chi connectivity index (χ4v) is 0.853. The highest BCUT2D eigenvalue weighted by molar-refractivity contribution is 6.04. The first-order valence-corrected chi connectivity index (χ1v) is 4.51. The van der Waals surface area contributed by atoms with Crippen molar-refractivity contribution in [3.63, 3.8) is 0 Å². The van der Waals surface area contributed by atoms with Crippen molar-refractivity contribution >= 4 is 20.0 Å². The minimum atomic E-state index is -1.14. The Morgan fingerprint density at radius 2 is 1.93 bits per heavy atom. The summed E-state index contributed by atoms with van der Waals surface area (Å²) in [5.74, 6) is -1.14. The molecule has 2 amide bonds. The molecule has 15 heavy (non-hydrogen) atoms. The van der Waals surface area contributed by atoms with Gasteiger partial charge in [0.1, 0.15) is 6.04 Å². The molecule has 0 aliphatic rings. The van der Waals surface area contributed by atoms with E-state index in [1.54, 1.807) is 20.8 Å². The summed E-state index contributed by atoms with van der Waals surface area (Å²) in [5.41, 5.74) is -0.413. The first-order valence-electron chi connectivity index (χ1n) is 4.51. The second-order valence-electron chi connectivity index (χ2n) is 4.15. The van der Waals surface area contributed by atoms with Crippen LogP contribution in [0, 0.1) is 0 Å². The van der Waals surface area contributed by atoms with Crippen LogP contribution >= 0.6 is 0 Å². The van der Waals surface area contributed by atoms with Gasteiger partial charge in [-0.15, -0.1) is 0 Å². The van der Waals surface area contributed by atoms with E-state index >= 15 is 0 Å². The van der Waals surface area contributed by atoms with Gasteiger partial charge in [0.15, 0.2) is 7.98 Å². The number of carboxylic acid groups (broad SMARTS) is 1. The van der Waals surface area contributed by atoms with E-state index in [0.717, 1.165) is 0 Å². The van der Waals surface area contributed by atoms with Gasteiger partial charge in [-0.1, -0.05) is 0 Å². The van der Waals surface area contributed by atoms with Crippen molar-refractivity contribution in [2.45, 2.75) is 32.4 Å². The average Bonchev–Trinajstić information content (AvgIpc) is 1.99. The molecule has 0 fully saturated rings. The molecule has 0 aliphatic carbocycles. The van der Waals surface area contributed by atoms with E-state index < -0.39 is 23.6 Å². The Morgan fingerprint density at radius 1 is 1.40 bits per heavy atom. The highest BCUT2D eigenvalue weighted by atomic mass is 16.4. The minimum Gasteiger partial charge on any atom is -0.480 e. The third-order valence-corrected chi connectivity index (χ3v) is 1.41.